The summed E-state index contributed by atoms with van der Waals surface area (Å²) in [6.07, 6.45) is 8.65. The first kappa shape index (κ1) is 20.8. The quantitative estimate of drug-likeness (QED) is 0.735. The van der Waals surface area contributed by atoms with E-state index >= 15 is 0 Å². The number of amides is 2. The molecule has 1 unspecified atom stereocenters. The predicted octanol–water partition coefficient (Wildman–Crippen LogP) is 2.90. The fourth-order valence-corrected chi connectivity index (χ4v) is 3.62. The molecule has 29 heavy (non-hydrogen) atoms. The second-order valence-electron chi connectivity index (χ2n) is 7.82. The highest BCUT2D eigenvalue weighted by Crippen LogP contribution is 2.18. The maximum atomic E-state index is 12.5. The molecular formula is C23H30N4O2. The summed E-state index contributed by atoms with van der Waals surface area (Å²) in [5.74, 6) is 1.42. The van der Waals surface area contributed by atoms with Crippen LogP contribution in [0.1, 0.15) is 31.2 Å². The molecule has 1 aromatic carbocycles. The standard InChI is InChI=1S/C23H30N4O2/c1-18(17-27-15-12-24-19(27)2)16-25-23(29)21-10-13-26(14-11-21)22(28)9-8-20-6-4-3-5-7-20/h3-9,12,15,18,21H,10-11,13-14,16-17H2,1-2H3,(H,25,29). The maximum absolute atomic E-state index is 12.5. The van der Waals surface area contributed by atoms with E-state index in [1.807, 2.05) is 54.4 Å². The van der Waals surface area contributed by atoms with E-state index in [2.05, 4.69) is 21.8 Å². The highest BCUT2D eigenvalue weighted by atomic mass is 16.2. The zero-order valence-electron chi connectivity index (χ0n) is 17.3. The van der Waals surface area contributed by atoms with Gasteiger partial charge in [0.25, 0.3) is 0 Å². The Hall–Kier alpha value is -2.89. The summed E-state index contributed by atoms with van der Waals surface area (Å²) >= 11 is 0. The molecule has 2 heterocycles. The van der Waals surface area contributed by atoms with Crippen molar-refractivity contribution >= 4 is 17.9 Å². The van der Waals surface area contributed by atoms with Crippen molar-refractivity contribution in [3.63, 3.8) is 0 Å². The third kappa shape index (κ3) is 6.04. The summed E-state index contributed by atoms with van der Waals surface area (Å²) < 4.78 is 2.10. The SMILES string of the molecule is Cc1nccn1CC(C)CNC(=O)C1CCN(C(=O)C=Cc2ccccc2)CC1. The number of piperidine rings is 1. The minimum atomic E-state index is -0.0145. The topological polar surface area (TPSA) is 67.2 Å². The first-order valence-corrected chi connectivity index (χ1v) is 10.3. The lowest BCUT2D eigenvalue weighted by atomic mass is 9.95. The summed E-state index contributed by atoms with van der Waals surface area (Å²) in [5, 5.41) is 3.08. The Morgan fingerprint density at radius 1 is 1.24 bits per heavy atom. The van der Waals surface area contributed by atoms with Crippen LogP contribution in [0.2, 0.25) is 0 Å². The van der Waals surface area contributed by atoms with Gasteiger partial charge in [-0.15, -0.1) is 0 Å². The Bertz CT molecular complexity index is 836. The Morgan fingerprint density at radius 3 is 2.62 bits per heavy atom. The van der Waals surface area contributed by atoms with Crippen molar-refractivity contribution in [2.24, 2.45) is 11.8 Å². The number of imidazole rings is 1. The Morgan fingerprint density at radius 2 is 1.97 bits per heavy atom. The van der Waals surface area contributed by atoms with Gasteiger partial charge >= 0.3 is 0 Å². The molecule has 1 N–H and O–H groups in total. The average Bonchev–Trinajstić information content (AvgIpc) is 3.15. The molecule has 1 aromatic heterocycles. The molecule has 2 aromatic rings. The number of aromatic nitrogens is 2. The molecule has 6 heteroatoms. The van der Waals surface area contributed by atoms with Crippen molar-refractivity contribution in [2.45, 2.75) is 33.2 Å². The van der Waals surface area contributed by atoms with E-state index in [0.29, 0.717) is 38.4 Å². The molecule has 154 valence electrons. The van der Waals surface area contributed by atoms with Crippen molar-refractivity contribution in [1.82, 2.24) is 19.8 Å². The van der Waals surface area contributed by atoms with Gasteiger partial charge in [-0.3, -0.25) is 9.59 Å². The predicted molar refractivity (Wildman–Crippen MR) is 114 cm³/mol. The lowest BCUT2D eigenvalue weighted by molar-refractivity contribution is -0.132. The average molecular weight is 395 g/mol. The number of nitrogens with zero attached hydrogens (tertiary/aromatic N) is 3. The van der Waals surface area contributed by atoms with Crippen LogP contribution in [0.5, 0.6) is 0 Å². The normalized spacial score (nSPS) is 16.1. The molecule has 1 aliphatic rings. The van der Waals surface area contributed by atoms with Gasteiger partial charge in [-0.05, 0) is 37.3 Å². The van der Waals surface area contributed by atoms with Crippen LogP contribution in [0, 0.1) is 18.8 Å². The van der Waals surface area contributed by atoms with Gasteiger partial charge in [0.05, 0.1) is 0 Å². The lowest BCUT2D eigenvalue weighted by Gasteiger charge is -2.31. The van der Waals surface area contributed by atoms with E-state index in [0.717, 1.165) is 17.9 Å². The van der Waals surface area contributed by atoms with Crippen molar-refractivity contribution in [3.8, 4) is 0 Å². The van der Waals surface area contributed by atoms with Crippen molar-refractivity contribution in [3.05, 3.63) is 60.2 Å². The summed E-state index contributed by atoms with van der Waals surface area (Å²) in [6.45, 7) is 6.84. The van der Waals surface area contributed by atoms with Crippen LogP contribution in [-0.4, -0.2) is 45.9 Å². The van der Waals surface area contributed by atoms with Crippen LogP contribution >= 0.6 is 0 Å². The molecule has 0 saturated carbocycles. The molecule has 2 amide bonds. The number of nitrogens with one attached hydrogen (secondary N) is 1. The smallest absolute Gasteiger partial charge is 0.246 e. The molecule has 6 nitrogen and oxygen atoms in total. The molecule has 1 atom stereocenters. The molecule has 1 aliphatic heterocycles. The van der Waals surface area contributed by atoms with E-state index in [4.69, 9.17) is 0 Å². The third-order valence-electron chi connectivity index (χ3n) is 5.45. The lowest BCUT2D eigenvalue weighted by Crippen LogP contribution is -2.43. The molecular weight excluding hydrogens is 364 g/mol. The number of benzene rings is 1. The number of rotatable bonds is 7. The molecule has 3 rings (SSSR count). The summed E-state index contributed by atoms with van der Waals surface area (Å²) in [4.78, 5) is 30.9. The van der Waals surface area contributed by atoms with Crippen LogP contribution in [0.25, 0.3) is 6.08 Å². The third-order valence-corrected chi connectivity index (χ3v) is 5.45. The minimum Gasteiger partial charge on any atom is -0.356 e. The molecule has 1 fully saturated rings. The number of hydrogen-bond acceptors (Lipinski definition) is 3. The van der Waals surface area contributed by atoms with E-state index in [-0.39, 0.29) is 17.7 Å². The monoisotopic (exact) mass is 394 g/mol. The van der Waals surface area contributed by atoms with Gasteiger partial charge in [-0.25, -0.2) is 4.98 Å². The first-order chi connectivity index (χ1) is 14.0. The zero-order chi connectivity index (χ0) is 20.6. The fraction of sp³-hybridized carbons (Fsp3) is 0.435. The summed E-state index contributed by atoms with van der Waals surface area (Å²) in [5.41, 5.74) is 1.01. The fourth-order valence-electron chi connectivity index (χ4n) is 3.62. The number of carbonyl (C=O) groups excluding carboxylic acids is 2. The Kier molecular flexibility index (Phi) is 7.22. The zero-order valence-corrected chi connectivity index (χ0v) is 17.3. The van der Waals surface area contributed by atoms with Crippen LogP contribution < -0.4 is 5.32 Å². The minimum absolute atomic E-state index is 0.0111. The van der Waals surface area contributed by atoms with Gasteiger partial charge in [0.15, 0.2) is 0 Å². The van der Waals surface area contributed by atoms with E-state index in [1.54, 1.807) is 12.3 Å². The van der Waals surface area contributed by atoms with Crippen LogP contribution in [-0.2, 0) is 16.1 Å². The maximum Gasteiger partial charge on any atom is 0.246 e. The van der Waals surface area contributed by atoms with E-state index in [1.165, 1.54) is 0 Å². The second kappa shape index (κ2) is 10.0. The highest BCUT2D eigenvalue weighted by Gasteiger charge is 2.26. The van der Waals surface area contributed by atoms with Gasteiger partial charge in [-0.2, -0.15) is 0 Å². The first-order valence-electron chi connectivity index (χ1n) is 10.3. The number of aryl methyl sites for hydroxylation is 1. The molecule has 0 radical (unpaired) electrons. The Balaban J connectivity index is 1.39. The van der Waals surface area contributed by atoms with E-state index in [9.17, 15) is 9.59 Å². The van der Waals surface area contributed by atoms with Gasteiger partial charge in [0, 0.05) is 50.6 Å². The largest absolute Gasteiger partial charge is 0.356 e. The van der Waals surface area contributed by atoms with Crippen LogP contribution in [0.15, 0.2) is 48.8 Å². The van der Waals surface area contributed by atoms with Crippen LogP contribution in [0.3, 0.4) is 0 Å². The Labute approximate surface area is 172 Å². The van der Waals surface area contributed by atoms with Gasteiger partial charge in [0.2, 0.25) is 11.8 Å². The van der Waals surface area contributed by atoms with Gasteiger partial charge < -0.3 is 14.8 Å². The number of carbonyl (C=O) groups is 2. The van der Waals surface area contributed by atoms with Crippen molar-refractivity contribution < 1.29 is 9.59 Å². The number of hydrogen-bond donors (Lipinski definition) is 1. The van der Waals surface area contributed by atoms with Crippen molar-refractivity contribution in [2.75, 3.05) is 19.6 Å². The second-order valence-corrected chi connectivity index (χ2v) is 7.82. The molecule has 0 spiro atoms. The van der Waals surface area contributed by atoms with Crippen molar-refractivity contribution in [1.29, 1.82) is 0 Å². The van der Waals surface area contributed by atoms with Gasteiger partial charge in [-0.1, -0.05) is 37.3 Å². The van der Waals surface area contributed by atoms with E-state index < -0.39 is 0 Å². The summed E-state index contributed by atoms with van der Waals surface area (Å²) in [6, 6.07) is 9.79. The molecule has 0 bridgehead atoms. The molecule has 1 saturated heterocycles. The molecule has 0 aliphatic carbocycles. The number of likely N-dealkylation sites (tertiary alicyclic amines) is 1. The summed E-state index contributed by atoms with van der Waals surface area (Å²) in [7, 11) is 0. The highest BCUT2D eigenvalue weighted by molar-refractivity contribution is 5.92. The van der Waals surface area contributed by atoms with Gasteiger partial charge in [0.1, 0.15) is 5.82 Å². The van der Waals surface area contributed by atoms with Crippen LogP contribution in [0.4, 0.5) is 0 Å².